The van der Waals surface area contributed by atoms with Gasteiger partial charge in [0.2, 0.25) is 0 Å². The highest BCUT2D eigenvalue weighted by Gasteiger charge is 2.35. The second kappa shape index (κ2) is 7.29. The molecule has 0 fully saturated rings. The highest BCUT2D eigenvalue weighted by atomic mass is 19.4. The van der Waals surface area contributed by atoms with Crippen molar-refractivity contribution in [2.24, 2.45) is 0 Å². The minimum Gasteiger partial charge on any atom is -0.228 e. The molecule has 0 aliphatic carbocycles. The van der Waals surface area contributed by atoms with Gasteiger partial charge in [-0.15, -0.1) is 0 Å². The van der Waals surface area contributed by atoms with Crippen molar-refractivity contribution < 1.29 is 39.5 Å². The quantitative estimate of drug-likeness (QED) is 0.410. The van der Waals surface area contributed by atoms with Crippen LogP contribution in [-0.4, -0.2) is 9.97 Å². The van der Waals surface area contributed by atoms with E-state index in [1.54, 1.807) is 0 Å². The largest absolute Gasteiger partial charge is 0.433 e. The molecule has 0 N–H and O–H groups in total. The summed E-state index contributed by atoms with van der Waals surface area (Å²) in [6.45, 7) is 0. The maximum absolute atomic E-state index is 13.2. The fourth-order valence-electron chi connectivity index (χ4n) is 2.51. The van der Waals surface area contributed by atoms with Crippen molar-refractivity contribution in [1.82, 2.24) is 9.97 Å². The number of hydrogen-bond donors (Lipinski definition) is 0. The van der Waals surface area contributed by atoms with E-state index in [2.05, 4.69) is 9.97 Å². The summed E-state index contributed by atoms with van der Waals surface area (Å²) in [5, 5.41) is 0. The third-order valence-corrected chi connectivity index (χ3v) is 3.99. The lowest BCUT2D eigenvalue weighted by atomic mass is 10.1. The lowest BCUT2D eigenvalue weighted by Gasteiger charge is -2.12. The van der Waals surface area contributed by atoms with Crippen LogP contribution >= 0.6 is 0 Å². The third-order valence-electron chi connectivity index (χ3n) is 3.99. The standard InChI is InChI=1S/C19H9F9N2/c20-17(21,22)12-5-1-10(2-6-12)14-9-15(19(26,27)28)30-16(29-14)11-3-7-13(8-4-11)18(23,24)25/h1-9H. The first kappa shape index (κ1) is 21.6. The Labute approximate surface area is 163 Å². The predicted octanol–water partition coefficient (Wildman–Crippen LogP) is 6.87. The van der Waals surface area contributed by atoms with Gasteiger partial charge in [-0.2, -0.15) is 39.5 Å². The fraction of sp³-hybridized carbons (Fsp3) is 0.158. The molecule has 0 atom stereocenters. The van der Waals surface area contributed by atoms with Gasteiger partial charge in [0.05, 0.1) is 16.8 Å². The van der Waals surface area contributed by atoms with Crippen LogP contribution in [0.2, 0.25) is 0 Å². The van der Waals surface area contributed by atoms with E-state index in [9.17, 15) is 39.5 Å². The van der Waals surface area contributed by atoms with Crippen LogP contribution in [0.1, 0.15) is 16.8 Å². The molecule has 2 aromatic carbocycles. The van der Waals surface area contributed by atoms with Crippen molar-refractivity contribution in [2.75, 3.05) is 0 Å². The molecule has 1 aromatic heterocycles. The molecule has 0 saturated heterocycles. The normalized spacial score (nSPS) is 12.8. The molecule has 0 bridgehead atoms. The Kier molecular flexibility index (Phi) is 5.25. The van der Waals surface area contributed by atoms with E-state index in [4.69, 9.17) is 0 Å². The van der Waals surface area contributed by atoms with Crippen LogP contribution in [0.4, 0.5) is 39.5 Å². The summed E-state index contributed by atoms with van der Waals surface area (Å²) >= 11 is 0. The van der Waals surface area contributed by atoms with E-state index in [1.165, 1.54) is 0 Å². The van der Waals surface area contributed by atoms with Gasteiger partial charge < -0.3 is 0 Å². The van der Waals surface area contributed by atoms with Crippen LogP contribution in [0, 0.1) is 0 Å². The Morgan fingerprint density at radius 1 is 0.500 bits per heavy atom. The van der Waals surface area contributed by atoms with E-state index in [1.807, 2.05) is 0 Å². The minimum absolute atomic E-state index is 0.0518. The van der Waals surface area contributed by atoms with E-state index >= 15 is 0 Å². The first-order valence-electron chi connectivity index (χ1n) is 8.07. The molecule has 3 rings (SSSR count). The van der Waals surface area contributed by atoms with Crippen molar-refractivity contribution in [3.63, 3.8) is 0 Å². The zero-order valence-corrected chi connectivity index (χ0v) is 14.5. The van der Waals surface area contributed by atoms with Gasteiger partial charge in [0.1, 0.15) is 5.69 Å². The smallest absolute Gasteiger partial charge is 0.228 e. The molecule has 0 aliphatic rings. The van der Waals surface area contributed by atoms with Gasteiger partial charge in [-0.05, 0) is 30.3 Å². The first-order valence-corrected chi connectivity index (χ1v) is 8.07. The number of alkyl halides is 9. The van der Waals surface area contributed by atoms with Gasteiger partial charge in [0, 0.05) is 11.1 Å². The van der Waals surface area contributed by atoms with Crippen LogP contribution in [0.25, 0.3) is 22.6 Å². The molecule has 30 heavy (non-hydrogen) atoms. The second-order valence-corrected chi connectivity index (χ2v) is 6.11. The average Bonchev–Trinajstić information content (AvgIpc) is 2.66. The Morgan fingerprint density at radius 2 is 0.933 bits per heavy atom. The minimum atomic E-state index is -4.91. The number of hydrogen-bond acceptors (Lipinski definition) is 2. The van der Waals surface area contributed by atoms with Crippen molar-refractivity contribution in [3.8, 4) is 22.6 Å². The summed E-state index contributed by atoms with van der Waals surface area (Å²) in [7, 11) is 0. The summed E-state index contributed by atoms with van der Waals surface area (Å²) in [4.78, 5) is 7.25. The van der Waals surface area contributed by atoms with Crippen LogP contribution in [0.5, 0.6) is 0 Å². The molecule has 3 aromatic rings. The topological polar surface area (TPSA) is 25.8 Å². The Bertz CT molecular complexity index is 956. The number of rotatable bonds is 2. The lowest BCUT2D eigenvalue weighted by Crippen LogP contribution is -2.10. The van der Waals surface area contributed by atoms with E-state index in [-0.39, 0.29) is 16.8 Å². The number of halogens is 9. The number of nitrogens with zero attached hydrogens (tertiary/aromatic N) is 2. The fourth-order valence-corrected chi connectivity index (χ4v) is 2.51. The van der Waals surface area contributed by atoms with E-state index in [0.717, 1.165) is 24.3 Å². The molecule has 0 unspecified atom stereocenters. The molecular formula is C19H9F9N2. The Balaban J connectivity index is 2.09. The maximum Gasteiger partial charge on any atom is 0.433 e. The molecule has 0 saturated carbocycles. The summed E-state index contributed by atoms with van der Waals surface area (Å²) < 4.78 is 116. The second-order valence-electron chi connectivity index (χ2n) is 6.11. The SMILES string of the molecule is FC(F)(F)c1ccc(-c2cc(C(F)(F)F)nc(-c3ccc(C(F)(F)F)cc3)n2)cc1. The van der Waals surface area contributed by atoms with Gasteiger partial charge in [-0.3, -0.25) is 0 Å². The molecular weight excluding hydrogens is 427 g/mol. The predicted molar refractivity (Wildman–Crippen MR) is 87.9 cm³/mol. The highest BCUT2D eigenvalue weighted by molar-refractivity contribution is 5.65. The van der Waals surface area contributed by atoms with Gasteiger partial charge in [0.25, 0.3) is 0 Å². The van der Waals surface area contributed by atoms with Crippen molar-refractivity contribution in [3.05, 3.63) is 71.4 Å². The molecule has 0 radical (unpaired) electrons. The highest BCUT2D eigenvalue weighted by Crippen LogP contribution is 2.35. The molecule has 1 heterocycles. The average molecular weight is 436 g/mol. The van der Waals surface area contributed by atoms with Crippen molar-refractivity contribution >= 4 is 0 Å². The molecule has 0 spiro atoms. The monoisotopic (exact) mass is 436 g/mol. The maximum atomic E-state index is 13.2. The number of aromatic nitrogens is 2. The zero-order chi connectivity index (χ0) is 22.3. The first-order chi connectivity index (χ1) is 13.7. The Hall–Kier alpha value is -3.11. The molecule has 158 valence electrons. The van der Waals surface area contributed by atoms with Crippen LogP contribution in [-0.2, 0) is 18.5 Å². The number of benzene rings is 2. The molecule has 0 aliphatic heterocycles. The van der Waals surface area contributed by atoms with Crippen molar-refractivity contribution in [1.29, 1.82) is 0 Å². The van der Waals surface area contributed by atoms with Crippen LogP contribution in [0.15, 0.2) is 54.6 Å². The summed E-state index contributed by atoms with van der Waals surface area (Å²) in [5.74, 6) is -0.520. The summed E-state index contributed by atoms with van der Waals surface area (Å²) in [6, 6.07) is 6.96. The molecule has 2 nitrogen and oxygen atoms in total. The van der Waals surface area contributed by atoms with E-state index in [0.29, 0.717) is 30.3 Å². The summed E-state index contributed by atoms with van der Waals surface area (Å²) in [5.41, 5.74) is -3.91. The zero-order valence-electron chi connectivity index (χ0n) is 14.5. The summed E-state index contributed by atoms with van der Waals surface area (Å²) in [6.07, 6.45) is -14.2. The van der Waals surface area contributed by atoms with Gasteiger partial charge in [-0.25, -0.2) is 9.97 Å². The van der Waals surface area contributed by atoms with Crippen LogP contribution < -0.4 is 0 Å². The van der Waals surface area contributed by atoms with Gasteiger partial charge in [0.15, 0.2) is 5.82 Å². The van der Waals surface area contributed by atoms with Gasteiger partial charge >= 0.3 is 18.5 Å². The molecule has 0 amide bonds. The van der Waals surface area contributed by atoms with Crippen molar-refractivity contribution in [2.45, 2.75) is 18.5 Å². The van der Waals surface area contributed by atoms with E-state index < -0.39 is 41.2 Å². The Morgan fingerprint density at radius 3 is 1.33 bits per heavy atom. The van der Waals surface area contributed by atoms with Crippen LogP contribution in [0.3, 0.4) is 0 Å². The third kappa shape index (κ3) is 4.71. The molecule has 11 heteroatoms. The lowest BCUT2D eigenvalue weighted by molar-refractivity contribution is -0.141. The van der Waals surface area contributed by atoms with Gasteiger partial charge in [-0.1, -0.05) is 24.3 Å².